The first-order valence-corrected chi connectivity index (χ1v) is 9.50. The van der Waals surface area contributed by atoms with Crippen molar-refractivity contribution < 1.29 is 14.3 Å². The second-order valence-corrected chi connectivity index (χ2v) is 7.65. The number of piperidine rings is 1. The van der Waals surface area contributed by atoms with Gasteiger partial charge in [-0.3, -0.25) is 4.79 Å². The lowest BCUT2D eigenvalue weighted by Gasteiger charge is -2.44. The molecule has 3 heterocycles. The molecule has 21 heavy (non-hydrogen) atoms. The first kappa shape index (κ1) is 15.6. The summed E-state index contributed by atoms with van der Waals surface area (Å²) in [6.07, 6.45) is 5.46. The second kappa shape index (κ2) is 6.88. The van der Waals surface area contributed by atoms with E-state index in [9.17, 15) is 4.79 Å². The Kier molecular flexibility index (Phi) is 5.12. The number of nitrogens with zero attached hydrogens (tertiary/aromatic N) is 1. The second-order valence-electron chi connectivity index (χ2n) is 6.54. The van der Waals surface area contributed by atoms with Crippen molar-refractivity contribution in [3.63, 3.8) is 0 Å². The van der Waals surface area contributed by atoms with Crippen LogP contribution in [0.2, 0.25) is 0 Å². The molecule has 0 N–H and O–H groups in total. The molecule has 2 atom stereocenters. The Morgan fingerprint density at radius 1 is 1.38 bits per heavy atom. The molecule has 0 radical (unpaired) electrons. The smallest absolute Gasteiger partial charge is 0.309 e. The fourth-order valence-electron chi connectivity index (χ4n) is 3.94. The van der Waals surface area contributed by atoms with Gasteiger partial charge < -0.3 is 14.4 Å². The average Bonchev–Trinajstić information content (AvgIpc) is 2.95. The molecular weight excluding hydrogens is 286 g/mol. The minimum Gasteiger partial charge on any atom is -0.466 e. The Labute approximate surface area is 131 Å². The maximum atomic E-state index is 11.8. The maximum absolute atomic E-state index is 11.8. The Bertz CT molecular complexity index is 363. The fourth-order valence-corrected chi connectivity index (χ4v) is 5.32. The molecule has 0 aromatic rings. The molecule has 3 saturated heterocycles. The molecule has 3 fully saturated rings. The normalized spacial score (nSPS) is 35.2. The van der Waals surface area contributed by atoms with Gasteiger partial charge in [-0.1, -0.05) is 0 Å². The van der Waals surface area contributed by atoms with Crippen LogP contribution < -0.4 is 0 Å². The van der Waals surface area contributed by atoms with Gasteiger partial charge in [-0.25, -0.2) is 0 Å². The molecule has 3 rings (SSSR count). The molecular formula is C16H27NO3S. The van der Waals surface area contributed by atoms with Crippen molar-refractivity contribution in [2.45, 2.75) is 50.7 Å². The van der Waals surface area contributed by atoms with Crippen LogP contribution in [-0.2, 0) is 14.3 Å². The van der Waals surface area contributed by atoms with Crippen LogP contribution in [-0.4, -0.2) is 60.3 Å². The summed E-state index contributed by atoms with van der Waals surface area (Å²) in [6.45, 7) is 5.37. The summed E-state index contributed by atoms with van der Waals surface area (Å²) in [5.41, 5.74) is 0.158. The third-order valence-electron chi connectivity index (χ3n) is 5.20. The first-order valence-electron chi connectivity index (χ1n) is 8.35. The molecule has 3 aliphatic rings. The average molecular weight is 313 g/mol. The number of esters is 1. The molecule has 5 heteroatoms. The Hall–Kier alpha value is -0.260. The summed E-state index contributed by atoms with van der Waals surface area (Å²) >= 11 is 2.03. The zero-order valence-corrected chi connectivity index (χ0v) is 13.8. The Morgan fingerprint density at radius 3 is 2.86 bits per heavy atom. The first-order chi connectivity index (χ1) is 10.2. The molecule has 0 aliphatic carbocycles. The van der Waals surface area contributed by atoms with Gasteiger partial charge in [-0.05, 0) is 57.9 Å². The van der Waals surface area contributed by atoms with Crippen molar-refractivity contribution in [3.05, 3.63) is 0 Å². The predicted molar refractivity (Wildman–Crippen MR) is 84.6 cm³/mol. The van der Waals surface area contributed by atoms with E-state index >= 15 is 0 Å². The van der Waals surface area contributed by atoms with Crippen LogP contribution >= 0.6 is 11.8 Å². The van der Waals surface area contributed by atoms with Crippen molar-refractivity contribution >= 4 is 17.7 Å². The third kappa shape index (κ3) is 3.57. The molecule has 0 aromatic carbocycles. The molecule has 0 amide bonds. The van der Waals surface area contributed by atoms with Crippen LogP contribution in [0.15, 0.2) is 0 Å². The van der Waals surface area contributed by atoms with Crippen LogP contribution in [0, 0.1) is 5.92 Å². The highest BCUT2D eigenvalue weighted by Crippen LogP contribution is 2.40. The van der Waals surface area contributed by atoms with Gasteiger partial charge in [-0.15, -0.1) is 0 Å². The van der Waals surface area contributed by atoms with E-state index in [4.69, 9.17) is 9.47 Å². The molecule has 0 aromatic heterocycles. The van der Waals surface area contributed by atoms with Crippen molar-refractivity contribution in [2.24, 2.45) is 5.92 Å². The van der Waals surface area contributed by atoms with Crippen LogP contribution in [0.3, 0.4) is 0 Å². The SMILES string of the molecule is CCOC(=O)C1CCN(C2CCOC3(CCSC3)C2)CC1. The van der Waals surface area contributed by atoms with Gasteiger partial charge in [0, 0.05) is 18.4 Å². The largest absolute Gasteiger partial charge is 0.466 e. The minimum atomic E-state index is 0.00721. The summed E-state index contributed by atoms with van der Waals surface area (Å²) in [7, 11) is 0. The molecule has 0 bridgehead atoms. The van der Waals surface area contributed by atoms with Gasteiger partial charge in [-0.2, -0.15) is 11.8 Å². The van der Waals surface area contributed by atoms with E-state index in [-0.39, 0.29) is 17.5 Å². The summed E-state index contributed by atoms with van der Waals surface area (Å²) in [6, 6.07) is 0.653. The molecule has 2 unspecified atom stereocenters. The zero-order valence-electron chi connectivity index (χ0n) is 13.0. The van der Waals surface area contributed by atoms with E-state index in [1.54, 1.807) is 0 Å². The lowest BCUT2D eigenvalue weighted by Crippen LogP contribution is -2.51. The Balaban J connectivity index is 1.51. The maximum Gasteiger partial charge on any atom is 0.309 e. The highest BCUT2D eigenvalue weighted by Gasteiger charge is 2.42. The van der Waals surface area contributed by atoms with Gasteiger partial charge >= 0.3 is 5.97 Å². The van der Waals surface area contributed by atoms with Crippen LogP contribution in [0.25, 0.3) is 0 Å². The molecule has 1 spiro atoms. The zero-order chi connectivity index (χ0) is 14.7. The highest BCUT2D eigenvalue weighted by atomic mass is 32.2. The standard InChI is InChI=1S/C16H27NO3S/c1-2-19-15(18)13-3-7-17(8-4-13)14-5-9-20-16(11-14)6-10-21-12-16/h13-14H,2-12H2,1H3. The number of likely N-dealkylation sites (tertiary alicyclic amines) is 1. The van der Waals surface area contributed by atoms with Gasteiger partial charge in [0.2, 0.25) is 0 Å². The Morgan fingerprint density at radius 2 is 2.19 bits per heavy atom. The summed E-state index contributed by atoms with van der Waals surface area (Å²) in [5, 5.41) is 0. The quantitative estimate of drug-likeness (QED) is 0.748. The van der Waals surface area contributed by atoms with E-state index < -0.39 is 0 Å². The van der Waals surface area contributed by atoms with E-state index in [0.29, 0.717) is 12.6 Å². The van der Waals surface area contributed by atoms with Crippen LogP contribution in [0.1, 0.15) is 39.0 Å². The molecule has 3 aliphatic heterocycles. The van der Waals surface area contributed by atoms with Crippen molar-refractivity contribution in [3.8, 4) is 0 Å². The molecule has 120 valence electrons. The van der Waals surface area contributed by atoms with E-state index in [2.05, 4.69) is 4.90 Å². The van der Waals surface area contributed by atoms with E-state index in [1.807, 2.05) is 18.7 Å². The lowest BCUT2D eigenvalue weighted by molar-refractivity contribution is -0.150. The number of hydrogen-bond donors (Lipinski definition) is 0. The number of ether oxygens (including phenoxy) is 2. The lowest BCUT2D eigenvalue weighted by atomic mass is 9.87. The van der Waals surface area contributed by atoms with Gasteiger partial charge in [0.15, 0.2) is 0 Å². The predicted octanol–water partition coefficient (Wildman–Crippen LogP) is 2.32. The van der Waals surface area contributed by atoms with Crippen LogP contribution in [0.5, 0.6) is 0 Å². The minimum absolute atomic E-state index is 0.00721. The number of rotatable bonds is 3. The number of thioether (sulfide) groups is 1. The number of carbonyl (C=O) groups excluding carboxylic acids is 1. The van der Waals surface area contributed by atoms with Crippen LogP contribution in [0.4, 0.5) is 0 Å². The van der Waals surface area contributed by atoms with E-state index in [1.165, 1.54) is 24.3 Å². The van der Waals surface area contributed by atoms with Crippen molar-refractivity contribution in [1.29, 1.82) is 0 Å². The highest BCUT2D eigenvalue weighted by molar-refractivity contribution is 7.99. The number of hydrogen-bond acceptors (Lipinski definition) is 5. The van der Waals surface area contributed by atoms with Crippen molar-refractivity contribution in [1.82, 2.24) is 4.90 Å². The summed E-state index contributed by atoms with van der Waals surface area (Å²) in [5.74, 6) is 2.55. The fraction of sp³-hybridized carbons (Fsp3) is 0.938. The summed E-state index contributed by atoms with van der Waals surface area (Å²) < 4.78 is 11.3. The third-order valence-corrected chi connectivity index (χ3v) is 6.42. The molecule has 4 nitrogen and oxygen atoms in total. The van der Waals surface area contributed by atoms with E-state index in [0.717, 1.165) is 39.0 Å². The van der Waals surface area contributed by atoms with Gasteiger partial charge in [0.05, 0.1) is 18.1 Å². The van der Waals surface area contributed by atoms with Crippen molar-refractivity contribution in [2.75, 3.05) is 37.8 Å². The summed E-state index contributed by atoms with van der Waals surface area (Å²) in [4.78, 5) is 14.4. The van der Waals surface area contributed by atoms with Gasteiger partial charge in [0.25, 0.3) is 0 Å². The number of carbonyl (C=O) groups is 1. The monoisotopic (exact) mass is 313 g/mol. The molecule has 0 saturated carbocycles. The topological polar surface area (TPSA) is 38.8 Å². The van der Waals surface area contributed by atoms with Gasteiger partial charge in [0.1, 0.15) is 0 Å².